The molecule has 1 aliphatic rings. The van der Waals surface area contributed by atoms with Crippen molar-refractivity contribution in [1.82, 2.24) is 10.3 Å². The van der Waals surface area contributed by atoms with Crippen LogP contribution in [0.1, 0.15) is 30.5 Å². The fraction of sp³-hybridized carbons (Fsp3) is 0.412. The third-order valence-corrected chi connectivity index (χ3v) is 4.21. The molecular weight excluding hydrogens is 294 g/mol. The average Bonchev–Trinajstić information content (AvgIpc) is 2.92. The first-order valence-corrected chi connectivity index (χ1v) is 7.76. The van der Waals surface area contributed by atoms with Crippen molar-refractivity contribution >= 4 is 11.7 Å². The summed E-state index contributed by atoms with van der Waals surface area (Å²) in [6, 6.07) is 5.32. The number of aryl methyl sites for hydroxylation is 2. The van der Waals surface area contributed by atoms with Gasteiger partial charge in [0.1, 0.15) is 6.26 Å². The van der Waals surface area contributed by atoms with Crippen LogP contribution in [0, 0.1) is 13.8 Å². The Morgan fingerprint density at radius 1 is 1.39 bits per heavy atom. The Morgan fingerprint density at radius 3 is 2.78 bits per heavy atom. The number of nitrogens with one attached hydrogen (secondary N) is 2. The van der Waals surface area contributed by atoms with Crippen LogP contribution in [0.25, 0.3) is 11.5 Å². The number of urea groups is 1. The Hall–Kier alpha value is -2.34. The molecule has 3 rings (SSSR count). The normalized spacial score (nSPS) is 15.8. The highest BCUT2D eigenvalue weighted by molar-refractivity contribution is 5.90. The summed E-state index contributed by atoms with van der Waals surface area (Å²) in [5.74, 6) is 0.523. The molecule has 0 atom stereocenters. The van der Waals surface area contributed by atoms with Gasteiger partial charge in [-0.3, -0.25) is 0 Å². The molecule has 1 fully saturated rings. The van der Waals surface area contributed by atoms with Crippen LogP contribution in [0.4, 0.5) is 10.5 Å². The number of oxazole rings is 1. The van der Waals surface area contributed by atoms with E-state index in [1.165, 1.54) is 0 Å². The fourth-order valence-corrected chi connectivity index (χ4v) is 2.55. The number of hydrogen-bond acceptors (Lipinski definition) is 4. The monoisotopic (exact) mass is 315 g/mol. The standard InChI is InChI=1S/C17H21N3O3/c1-11-4-5-13(15-19-12(2)9-23-15)8-14(11)20-16(21)18-10-17(22)6-3-7-17/h4-5,8-9,22H,3,6-7,10H2,1-2H3,(H2,18,20,21). The number of hydrogen-bond donors (Lipinski definition) is 3. The number of anilines is 1. The summed E-state index contributed by atoms with van der Waals surface area (Å²) in [6.45, 7) is 4.05. The first-order chi connectivity index (χ1) is 11.0. The second kappa shape index (κ2) is 6.04. The largest absolute Gasteiger partial charge is 0.444 e. The third-order valence-electron chi connectivity index (χ3n) is 4.21. The van der Waals surface area contributed by atoms with Crippen molar-refractivity contribution in [3.05, 3.63) is 35.7 Å². The number of carbonyl (C=O) groups is 1. The van der Waals surface area contributed by atoms with Crippen molar-refractivity contribution < 1.29 is 14.3 Å². The molecule has 1 saturated carbocycles. The lowest BCUT2D eigenvalue weighted by molar-refractivity contribution is -0.0287. The van der Waals surface area contributed by atoms with E-state index in [0.717, 1.165) is 36.1 Å². The minimum atomic E-state index is -0.732. The molecular formula is C17H21N3O3. The maximum atomic E-state index is 12.0. The number of rotatable bonds is 4. The number of amides is 2. The van der Waals surface area contributed by atoms with Crippen LogP contribution >= 0.6 is 0 Å². The smallest absolute Gasteiger partial charge is 0.319 e. The molecule has 1 aromatic heterocycles. The fourth-order valence-electron chi connectivity index (χ4n) is 2.55. The minimum absolute atomic E-state index is 0.274. The minimum Gasteiger partial charge on any atom is -0.444 e. The molecule has 1 aliphatic carbocycles. The van der Waals surface area contributed by atoms with Gasteiger partial charge < -0.3 is 20.2 Å². The van der Waals surface area contributed by atoms with E-state index in [4.69, 9.17) is 4.42 Å². The second-order valence-electron chi connectivity index (χ2n) is 6.21. The van der Waals surface area contributed by atoms with Gasteiger partial charge in [-0.25, -0.2) is 9.78 Å². The van der Waals surface area contributed by atoms with Gasteiger partial charge in [0.15, 0.2) is 0 Å². The van der Waals surface area contributed by atoms with E-state index in [2.05, 4.69) is 15.6 Å². The van der Waals surface area contributed by atoms with Crippen molar-refractivity contribution in [1.29, 1.82) is 0 Å². The molecule has 2 amide bonds. The molecule has 6 nitrogen and oxygen atoms in total. The summed E-state index contributed by atoms with van der Waals surface area (Å²) in [5, 5.41) is 15.6. The second-order valence-corrected chi connectivity index (χ2v) is 6.21. The lowest BCUT2D eigenvalue weighted by atomic mass is 9.80. The summed E-state index contributed by atoms with van der Waals surface area (Å²) in [4.78, 5) is 16.3. The van der Waals surface area contributed by atoms with Crippen molar-refractivity contribution in [2.45, 2.75) is 38.7 Å². The SMILES string of the molecule is Cc1coc(-c2ccc(C)c(NC(=O)NCC3(O)CCC3)c2)n1. The predicted octanol–water partition coefficient (Wildman–Crippen LogP) is 2.99. The number of carbonyl (C=O) groups excluding carboxylic acids is 1. The molecule has 0 spiro atoms. The Kier molecular flexibility index (Phi) is 4.09. The molecule has 2 aromatic rings. The molecule has 0 unspecified atom stereocenters. The van der Waals surface area contributed by atoms with E-state index >= 15 is 0 Å². The lowest BCUT2D eigenvalue weighted by Gasteiger charge is -2.36. The van der Waals surface area contributed by atoms with Crippen LogP contribution < -0.4 is 10.6 Å². The maximum absolute atomic E-state index is 12.0. The Labute approximate surface area is 134 Å². The van der Waals surface area contributed by atoms with Crippen LogP contribution in [0.2, 0.25) is 0 Å². The molecule has 1 heterocycles. The summed E-state index contributed by atoms with van der Waals surface area (Å²) < 4.78 is 5.39. The Balaban J connectivity index is 1.68. The van der Waals surface area contributed by atoms with Crippen LogP contribution in [-0.2, 0) is 0 Å². The molecule has 0 radical (unpaired) electrons. The van der Waals surface area contributed by atoms with Gasteiger partial charge >= 0.3 is 6.03 Å². The quantitative estimate of drug-likeness (QED) is 0.809. The molecule has 122 valence electrons. The number of aliphatic hydroxyl groups is 1. The summed E-state index contributed by atoms with van der Waals surface area (Å²) in [7, 11) is 0. The number of aromatic nitrogens is 1. The van der Waals surface area contributed by atoms with Gasteiger partial charge in [0, 0.05) is 17.8 Å². The van der Waals surface area contributed by atoms with Gasteiger partial charge in [-0.1, -0.05) is 6.07 Å². The summed E-state index contributed by atoms with van der Waals surface area (Å²) in [5.41, 5.74) is 2.51. The molecule has 23 heavy (non-hydrogen) atoms. The molecule has 0 bridgehead atoms. The van der Waals surface area contributed by atoms with E-state index in [-0.39, 0.29) is 12.6 Å². The predicted molar refractivity (Wildman–Crippen MR) is 87.2 cm³/mol. The van der Waals surface area contributed by atoms with E-state index in [1.807, 2.05) is 32.0 Å². The highest BCUT2D eigenvalue weighted by Crippen LogP contribution is 2.30. The van der Waals surface area contributed by atoms with Gasteiger partial charge in [-0.15, -0.1) is 0 Å². The Morgan fingerprint density at radius 2 is 2.17 bits per heavy atom. The summed E-state index contributed by atoms with van der Waals surface area (Å²) in [6.07, 6.45) is 4.08. The first kappa shape index (κ1) is 15.6. The zero-order valence-corrected chi connectivity index (χ0v) is 13.3. The maximum Gasteiger partial charge on any atom is 0.319 e. The van der Waals surface area contributed by atoms with Crippen molar-refractivity contribution in [2.24, 2.45) is 0 Å². The van der Waals surface area contributed by atoms with E-state index in [9.17, 15) is 9.90 Å². The topological polar surface area (TPSA) is 87.4 Å². The van der Waals surface area contributed by atoms with Gasteiger partial charge in [-0.2, -0.15) is 0 Å². The van der Waals surface area contributed by atoms with E-state index in [0.29, 0.717) is 11.6 Å². The van der Waals surface area contributed by atoms with E-state index in [1.54, 1.807) is 6.26 Å². The van der Waals surface area contributed by atoms with E-state index < -0.39 is 5.60 Å². The van der Waals surface area contributed by atoms with Gasteiger partial charge in [0.05, 0.1) is 11.3 Å². The first-order valence-electron chi connectivity index (χ1n) is 7.76. The van der Waals surface area contributed by atoms with Crippen LogP contribution in [0.3, 0.4) is 0 Å². The highest BCUT2D eigenvalue weighted by Gasteiger charge is 2.34. The molecule has 6 heteroatoms. The summed E-state index contributed by atoms with van der Waals surface area (Å²) >= 11 is 0. The average molecular weight is 315 g/mol. The van der Waals surface area contributed by atoms with Gasteiger partial charge in [0.2, 0.25) is 5.89 Å². The molecule has 0 saturated heterocycles. The van der Waals surface area contributed by atoms with Crippen LogP contribution in [-0.4, -0.2) is 28.3 Å². The van der Waals surface area contributed by atoms with Gasteiger partial charge in [0.25, 0.3) is 0 Å². The van der Waals surface area contributed by atoms with Crippen LogP contribution in [0.5, 0.6) is 0 Å². The van der Waals surface area contributed by atoms with Crippen molar-refractivity contribution in [2.75, 3.05) is 11.9 Å². The van der Waals surface area contributed by atoms with Crippen LogP contribution in [0.15, 0.2) is 28.9 Å². The number of nitrogens with zero attached hydrogens (tertiary/aromatic N) is 1. The molecule has 3 N–H and O–H groups in total. The zero-order chi connectivity index (χ0) is 16.4. The Bertz CT molecular complexity index is 720. The lowest BCUT2D eigenvalue weighted by Crippen LogP contribution is -2.48. The highest BCUT2D eigenvalue weighted by atomic mass is 16.3. The number of benzene rings is 1. The van der Waals surface area contributed by atoms with Crippen molar-refractivity contribution in [3.8, 4) is 11.5 Å². The third kappa shape index (κ3) is 3.53. The van der Waals surface area contributed by atoms with Crippen molar-refractivity contribution in [3.63, 3.8) is 0 Å². The molecule has 0 aliphatic heterocycles. The van der Waals surface area contributed by atoms with Gasteiger partial charge in [-0.05, 0) is 50.8 Å². The zero-order valence-electron chi connectivity index (χ0n) is 13.3. The molecule has 1 aromatic carbocycles.